The summed E-state index contributed by atoms with van der Waals surface area (Å²) >= 11 is 0. The maximum atomic E-state index is 4.87. The maximum absolute atomic E-state index is 4.87. The molecule has 0 aliphatic rings. The predicted octanol–water partition coefficient (Wildman–Crippen LogP) is 4.83. The predicted molar refractivity (Wildman–Crippen MR) is 74.9 cm³/mol. The summed E-state index contributed by atoms with van der Waals surface area (Å²) in [6.07, 6.45) is 0. The molecule has 0 fully saturated rings. The van der Waals surface area contributed by atoms with Gasteiger partial charge in [0.05, 0.1) is 5.69 Å². The van der Waals surface area contributed by atoms with Crippen molar-refractivity contribution in [1.29, 1.82) is 0 Å². The summed E-state index contributed by atoms with van der Waals surface area (Å²) in [5.41, 5.74) is 4.19. The molecule has 0 saturated carbocycles. The van der Waals surface area contributed by atoms with Crippen LogP contribution in [0, 0.1) is 0 Å². The average molecular weight is 236 g/mol. The monoisotopic (exact) mass is 236 g/mol. The normalized spacial score (nSPS) is 12.5. The molecule has 0 saturated heterocycles. The van der Waals surface area contributed by atoms with Crippen LogP contribution in [0.4, 0.5) is 0 Å². The van der Waals surface area contributed by atoms with Crippen molar-refractivity contribution in [2.45, 2.75) is 79.2 Å². The van der Waals surface area contributed by atoms with E-state index in [0.717, 1.165) is 0 Å². The molecule has 1 heterocycles. The first-order valence-corrected chi connectivity index (χ1v) is 6.89. The highest BCUT2D eigenvalue weighted by Crippen LogP contribution is 2.34. The lowest BCUT2D eigenvalue weighted by Crippen LogP contribution is -2.10. The van der Waals surface area contributed by atoms with Gasteiger partial charge in [0, 0.05) is 11.7 Å². The first kappa shape index (κ1) is 14.3. The molecular formula is C15H28N2. The van der Waals surface area contributed by atoms with Crippen LogP contribution in [0.5, 0.6) is 0 Å². The van der Waals surface area contributed by atoms with Crippen molar-refractivity contribution in [3.63, 3.8) is 0 Å². The highest BCUT2D eigenvalue weighted by atomic mass is 15.3. The van der Waals surface area contributed by atoms with Gasteiger partial charge in [0.1, 0.15) is 0 Å². The average Bonchev–Trinajstić information content (AvgIpc) is 2.56. The summed E-state index contributed by atoms with van der Waals surface area (Å²) in [5, 5.41) is 4.87. The standard InChI is InChI=1S/C15H28N2/c1-9(2)13-14(10(3)4)16-17(12(7)8)15(13)11(5)6/h9-12H,1-8H3. The molecule has 0 aliphatic heterocycles. The van der Waals surface area contributed by atoms with Gasteiger partial charge in [-0.15, -0.1) is 0 Å². The van der Waals surface area contributed by atoms with Gasteiger partial charge in [0.15, 0.2) is 0 Å². The van der Waals surface area contributed by atoms with Gasteiger partial charge >= 0.3 is 0 Å². The SMILES string of the molecule is CC(C)c1nn(C(C)C)c(C(C)C)c1C(C)C. The van der Waals surface area contributed by atoms with Gasteiger partial charge in [-0.05, 0) is 37.2 Å². The molecule has 17 heavy (non-hydrogen) atoms. The van der Waals surface area contributed by atoms with E-state index in [1.54, 1.807) is 0 Å². The van der Waals surface area contributed by atoms with Crippen LogP contribution in [0.2, 0.25) is 0 Å². The van der Waals surface area contributed by atoms with Gasteiger partial charge < -0.3 is 0 Å². The highest BCUT2D eigenvalue weighted by Gasteiger charge is 2.24. The second-order valence-electron chi connectivity index (χ2n) is 6.19. The Balaban J connectivity index is 3.49. The first-order chi connectivity index (χ1) is 7.77. The molecule has 0 atom stereocenters. The summed E-state index contributed by atoms with van der Waals surface area (Å²) in [6, 6.07) is 0.442. The third-order valence-electron chi connectivity index (χ3n) is 3.17. The Bertz CT molecular complexity index is 336. The minimum absolute atomic E-state index is 0.442. The molecule has 2 heteroatoms. The molecule has 0 amide bonds. The quantitative estimate of drug-likeness (QED) is 0.732. The van der Waals surface area contributed by atoms with E-state index in [1.807, 2.05) is 0 Å². The molecule has 2 nitrogen and oxygen atoms in total. The van der Waals surface area contributed by atoms with Crippen LogP contribution in [0.15, 0.2) is 0 Å². The van der Waals surface area contributed by atoms with E-state index in [-0.39, 0.29) is 0 Å². The van der Waals surface area contributed by atoms with Gasteiger partial charge in [0.2, 0.25) is 0 Å². The fourth-order valence-corrected chi connectivity index (χ4v) is 2.47. The van der Waals surface area contributed by atoms with E-state index in [2.05, 4.69) is 60.1 Å². The number of rotatable bonds is 4. The van der Waals surface area contributed by atoms with Gasteiger partial charge in [-0.3, -0.25) is 4.68 Å². The van der Waals surface area contributed by atoms with E-state index in [0.29, 0.717) is 23.8 Å². The number of hydrogen-bond acceptors (Lipinski definition) is 1. The minimum atomic E-state index is 0.442. The smallest absolute Gasteiger partial charge is 0.0687 e. The minimum Gasteiger partial charge on any atom is -0.266 e. The van der Waals surface area contributed by atoms with Crippen LogP contribution < -0.4 is 0 Å². The van der Waals surface area contributed by atoms with E-state index >= 15 is 0 Å². The zero-order valence-corrected chi connectivity index (χ0v) is 12.7. The zero-order chi connectivity index (χ0) is 13.3. The van der Waals surface area contributed by atoms with Crippen LogP contribution in [-0.2, 0) is 0 Å². The molecule has 98 valence electrons. The third-order valence-corrected chi connectivity index (χ3v) is 3.17. The van der Waals surface area contributed by atoms with Crippen molar-refractivity contribution in [2.75, 3.05) is 0 Å². The molecule has 0 unspecified atom stereocenters. The second-order valence-corrected chi connectivity index (χ2v) is 6.19. The number of hydrogen-bond donors (Lipinski definition) is 0. The number of nitrogens with zero attached hydrogens (tertiary/aromatic N) is 2. The second kappa shape index (κ2) is 5.24. The molecule has 1 rings (SSSR count). The van der Waals surface area contributed by atoms with Crippen molar-refractivity contribution in [3.8, 4) is 0 Å². The zero-order valence-electron chi connectivity index (χ0n) is 12.7. The first-order valence-electron chi connectivity index (χ1n) is 6.89. The number of aromatic nitrogens is 2. The fourth-order valence-electron chi connectivity index (χ4n) is 2.47. The Morgan fingerprint density at radius 3 is 1.59 bits per heavy atom. The molecule has 0 N–H and O–H groups in total. The van der Waals surface area contributed by atoms with Gasteiger partial charge in [-0.25, -0.2) is 0 Å². The molecule has 0 spiro atoms. The van der Waals surface area contributed by atoms with E-state index in [4.69, 9.17) is 5.10 Å². The Morgan fingerprint density at radius 1 is 0.765 bits per heavy atom. The van der Waals surface area contributed by atoms with Crippen LogP contribution in [0.25, 0.3) is 0 Å². The lowest BCUT2D eigenvalue weighted by Gasteiger charge is -2.17. The van der Waals surface area contributed by atoms with E-state index in [1.165, 1.54) is 17.0 Å². The largest absolute Gasteiger partial charge is 0.266 e. The van der Waals surface area contributed by atoms with Crippen LogP contribution in [0.3, 0.4) is 0 Å². The fraction of sp³-hybridized carbons (Fsp3) is 0.800. The Hall–Kier alpha value is -0.790. The maximum Gasteiger partial charge on any atom is 0.0687 e. The van der Waals surface area contributed by atoms with Crippen molar-refractivity contribution in [1.82, 2.24) is 9.78 Å². The molecule has 1 aromatic rings. The van der Waals surface area contributed by atoms with Crippen LogP contribution >= 0.6 is 0 Å². The van der Waals surface area contributed by atoms with E-state index in [9.17, 15) is 0 Å². The molecule has 0 radical (unpaired) electrons. The van der Waals surface area contributed by atoms with Crippen molar-refractivity contribution >= 4 is 0 Å². The molecule has 0 aromatic carbocycles. The van der Waals surface area contributed by atoms with Crippen LogP contribution in [0.1, 0.15) is 96.1 Å². The lowest BCUT2D eigenvalue weighted by atomic mass is 9.91. The Kier molecular flexibility index (Phi) is 4.40. The Morgan fingerprint density at radius 2 is 1.29 bits per heavy atom. The van der Waals surface area contributed by atoms with Crippen molar-refractivity contribution in [3.05, 3.63) is 17.0 Å². The summed E-state index contributed by atoms with van der Waals surface area (Å²) in [6.45, 7) is 18.0. The van der Waals surface area contributed by atoms with Crippen LogP contribution in [-0.4, -0.2) is 9.78 Å². The van der Waals surface area contributed by atoms with Gasteiger partial charge in [-0.2, -0.15) is 5.10 Å². The van der Waals surface area contributed by atoms with Crippen molar-refractivity contribution in [2.24, 2.45) is 0 Å². The van der Waals surface area contributed by atoms with E-state index < -0.39 is 0 Å². The summed E-state index contributed by atoms with van der Waals surface area (Å²) in [7, 11) is 0. The van der Waals surface area contributed by atoms with Crippen molar-refractivity contribution < 1.29 is 0 Å². The van der Waals surface area contributed by atoms with Gasteiger partial charge in [-0.1, -0.05) is 41.5 Å². The lowest BCUT2D eigenvalue weighted by molar-refractivity contribution is 0.490. The molecule has 1 aromatic heterocycles. The summed E-state index contributed by atoms with van der Waals surface area (Å²) in [5.74, 6) is 1.59. The summed E-state index contributed by atoms with van der Waals surface area (Å²) < 4.78 is 2.23. The third kappa shape index (κ3) is 2.72. The Labute approximate surface area is 106 Å². The highest BCUT2D eigenvalue weighted by molar-refractivity contribution is 5.34. The molecule has 0 bridgehead atoms. The summed E-state index contributed by atoms with van der Waals surface area (Å²) in [4.78, 5) is 0. The van der Waals surface area contributed by atoms with Gasteiger partial charge in [0.25, 0.3) is 0 Å². The molecule has 0 aliphatic carbocycles. The topological polar surface area (TPSA) is 17.8 Å². The molecular weight excluding hydrogens is 208 g/mol.